The van der Waals surface area contributed by atoms with Gasteiger partial charge in [0.05, 0.1) is 6.10 Å². The fourth-order valence-corrected chi connectivity index (χ4v) is 2.48. The first-order valence-corrected chi connectivity index (χ1v) is 5.20. The molecule has 12 heavy (non-hydrogen) atoms. The van der Waals surface area contributed by atoms with Gasteiger partial charge in [0.2, 0.25) is 0 Å². The molecule has 2 unspecified atom stereocenters. The fraction of sp³-hybridized carbons (Fsp3) is 1.00. The summed E-state index contributed by atoms with van der Waals surface area (Å²) < 4.78 is 0. The van der Waals surface area contributed by atoms with Gasteiger partial charge in [-0.2, -0.15) is 0 Å². The summed E-state index contributed by atoms with van der Waals surface area (Å²) in [4.78, 5) is 0. The lowest BCUT2D eigenvalue weighted by Gasteiger charge is -2.36. The van der Waals surface area contributed by atoms with Crippen LogP contribution in [0, 0.1) is 5.92 Å². The zero-order chi connectivity index (χ0) is 8.55. The van der Waals surface area contributed by atoms with E-state index in [1.807, 2.05) is 0 Å². The minimum atomic E-state index is -0.0686. The molecule has 2 heteroatoms. The Labute approximate surface area is 74.4 Å². The predicted molar refractivity (Wildman–Crippen MR) is 49.0 cm³/mol. The van der Waals surface area contributed by atoms with Crippen LogP contribution in [-0.4, -0.2) is 23.3 Å². The molecule has 70 valence electrons. The summed E-state index contributed by atoms with van der Waals surface area (Å²) in [5.41, 5.74) is 0. The van der Waals surface area contributed by atoms with Crippen molar-refractivity contribution in [2.24, 2.45) is 5.92 Å². The molecule has 2 nitrogen and oxygen atoms in total. The van der Waals surface area contributed by atoms with E-state index in [0.29, 0.717) is 12.1 Å². The first-order valence-electron chi connectivity index (χ1n) is 5.20. The molecule has 0 spiro atoms. The van der Waals surface area contributed by atoms with Crippen LogP contribution in [0.2, 0.25) is 0 Å². The van der Waals surface area contributed by atoms with Crippen LogP contribution in [0.3, 0.4) is 0 Å². The van der Waals surface area contributed by atoms with E-state index in [9.17, 15) is 5.11 Å². The van der Waals surface area contributed by atoms with Crippen LogP contribution >= 0.6 is 0 Å². The van der Waals surface area contributed by atoms with E-state index in [1.165, 1.54) is 25.7 Å². The first kappa shape index (κ1) is 8.52. The molecule has 0 aromatic carbocycles. The number of aliphatic hydroxyl groups is 1. The van der Waals surface area contributed by atoms with Crippen LogP contribution in [0.25, 0.3) is 0 Å². The van der Waals surface area contributed by atoms with Crippen molar-refractivity contribution in [2.75, 3.05) is 0 Å². The quantitative estimate of drug-likeness (QED) is 0.653. The van der Waals surface area contributed by atoms with Crippen molar-refractivity contribution in [2.45, 2.75) is 57.2 Å². The van der Waals surface area contributed by atoms with Crippen LogP contribution in [-0.2, 0) is 0 Å². The van der Waals surface area contributed by atoms with Gasteiger partial charge in [-0.15, -0.1) is 0 Å². The topological polar surface area (TPSA) is 32.3 Å². The van der Waals surface area contributed by atoms with Crippen molar-refractivity contribution in [1.82, 2.24) is 5.32 Å². The molecule has 2 rings (SSSR count). The Hall–Kier alpha value is -0.0800. The molecule has 2 atom stereocenters. The van der Waals surface area contributed by atoms with Gasteiger partial charge < -0.3 is 10.4 Å². The van der Waals surface area contributed by atoms with E-state index in [4.69, 9.17) is 0 Å². The van der Waals surface area contributed by atoms with E-state index in [-0.39, 0.29) is 6.10 Å². The predicted octanol–water partition coefficient (Wildman–Crippen LogP) is 1.29. The van der Waals surface area contributed by atoms with Gasteiger partial charge in [0.1, 0.15) is 0 Å². The molecule has 2 N–H and O–H groups in total. The van der Waals surface area contributed by atoms with Crippen molar-refractivity contribution in [3.63, 3.8) is 0 Å². The van der Waals surface area contributed by atoms with Crippen molar-refractivity contribution in [3.8, 4) is 0 Å². The van der Waals surface area contributed by atoms with Crippen molar-refractivity contribution < 1.29 is 5.11 Å². The third kappa shape index (κ3) is 1.64. The Balaban J connectivity index is 1.72. The summed E-state index contributed by atoms with van der Waals surface area (Å²) in [5.74, 6) is 0.904. The largest absolute Gasteiger partial charge is 0.392 e. The molecule has 2 fully saturated rings. The van der Waals surface area contributed by atoms with E-state index in [0.717, 1.165) is 12.3 Å². The lowest BCUT2D eigenvalue weighted by atomic mass is 9.81. The molecule has 0 aromatic heterocycles. The number of rotatable bonds is 2. The minimum absolute atomic E-state index is 0.0686. The Bertz CT molecular complexity index is 154. The molecule has 0 aromatic rings. The second-order valence-corrected chi connectivity index (χ2v) is 4.54. The van der Waals surface area contributed by atoms with Gasteiger partial charge in [0, 0.05) is 12.1 Å². The molecule has 0 aliphatic heterocycles. The standard InChI is InChI=1S/C10H19NO/c1-7-5-8(6-7)11-9-3-2-4-10(9)12/h7-12H,2-6H2,1H3. The normalized spacial score (nSPS) is 47.5. The lowest BCUT2D eigenvalue weighted by Crippen LogP contribution is -2.48. The number of hydrogen-bond acceptors (Lipinski definition) is 2. The molecule has 2 aliphatic rings. The van der Waals surface area contributed by atoms with Gasteiger partial charge in [-0.3, -0.25) is 0 Å². The molecule has 0 radical (unpaired) electrons. The van der Waals surface area contributed by atoms with Gasteiger partial charge in [-0.05, 0) is 38.0 Å². The summed E-state index contributed by atoms with van der Waals surface area (Å²) in [5, 5.41) is 13.1. The molecular weight excluding hydrogens is 150 g/mol. The summed E-state index contributed by atoms with van der Waals surface area (Å²) in [7, 11) is 0. The highest BCUT2D eigenvalue weighted by Gasteiger charge is 2.31. The average Bonchev–Trinajstić information content (AvgIpc) is 2.33. The maximum atomic E-state index is 9.56. The van der Waals surface area contributed by atoms with Gasteiger partial charge in [0.15, 0.2) is 0 Å². The molecule has 0 bridgehead atoms. The smallest absolute Gasteiger partial charge is 0.0693 e. The highest BCUT2D eigenvalue weighted by molar-refractivity contribution is 4.90. The summed E-state index contributed by atoms with van der Waals surface area (Å²) >= 11 is 0. The fourth-order valence-electron chi connectivity index (χ4n) is 2.48. The molecule has 0 amide bonds. The summed E-state index contributed by atoms with van der Waals surface area (Å²) in [6.07, 6.45) is 5.92. The molecule has 0 heterocycles. The Morgan fingerprint density at radius 3 is 2.50 bits per heavy atom. The van der Waals surface area contributed by atoms with E-state index < -0.39 is 0 Å². The monoisotopic (exact) mass is 169 g/mol. The van der Waals surface area contributed by atoms with Crippen LogP contribution in [0.5, 0.6) is 0 Å². The first-order chi connectivity index (χ1) is 5.75. The zero-order valence-corrected chi connectivity index (χ0v) is 7.79. The van der Waals surface area contributed by atoms with E-state index in [2.05, 4.69) is 12.2 Å². The Morgan fingerprint density at radius 1 is 1.25 bits per heavy atom. The molecule has 2 aliphatic carbocycles. The third-order valence-corrected chi connectivity index (χ3v) is 3.30. The number of nitrogens with one attached hydrogen (secondary N) is 1. The van der Waals surface area contributed by atoms with Crippen LogP contribution in [0.4, 0.5) is 0 Å². The highest BCUT2D eigenvalue weighted by atomic mass is 16.3. The van der Waals surface area contributed by atoms with Crippen LogP contribution in [0.15, 0.2) is 0 Å². The van der Waals surface area contributed by atoms with Gasteiger partial charge in [0.25, 0.3) is 0 Å². The van der Waals surface area contributed by atoms with Gasteiger partial charge in [-0.1, -0.05) is 6.92 Å². The Morgan fingerprint density at radius 2 is 2.00 bits per heavy atom. The van der Waals surface area contributed by atoms with Crippen LogP contribution < -0.4 is 5.32 Å². The van der Waals surface area contributed by atoms with Crippen molar-refractivity contribution in [1.29, 1.82) is 0 Å². The van der Waals surface area contributed by atoms with E-state index in [1.54, 1.807) is 0 Å². The third-order valence-electron chi connectivity index (χ3n) is 3.30. The highest BCUT2D eigenvalue weighted by Crippen LogP contribution is 2.29. The summed E-state index contributed by atoms with van der Waals surface area (Å²) in [6.45, 7) is 2.29. The maximum absolute atomic E-state index is 9.56. The number of hydrogen-bond donors (Lipinski definition) is 2. The Kier molecular flexibility index (Phi) is 2.37. The lowest BCUT2D eigenvalue weighted by molar-refractivity contribution is 0.122. The zero-order valence-electron chi connectivity index (χ0n) is 7.79. The van der Waals surface area contributed by atoms with Gasteiger partial charge in [-0.25, -0.2) is 0 Å². The molecule has 0 saturated heterocycles. The van der Waals surface area contributed by atoms with Crippen LogP contribution in [0.1, 0.15) is 39.0 Å². The minimum Gasteiger partial charge on any atom is -0.392 e. The number of aliphatic hydroxyl groups excluding tert-OH is 1. The average molecular weight is 169 g/mol. The summed E-state index contributed by atoms with van der Waals surface area (Å²) in [6, 6.07) is 1.11. The second kappa shape index (κ2) is 3.35. The van der Waals surface area contributed by atoms with Crippen molar-refractivity contribution >= 4 is 0 Å². The molecular formula is C10H19NO. The second-order valence-electron chi connectivity index (χ2n) is 4.54. The van der Waals surface area contributed by atoms with E-state index >= 15 is 0 Å². The van der Waals surface area contributed by atoms with Gasteiger partial charge >= 0.3 is 0 Å². The molecule has 2 saturated carbocycles. The van der Waals surface area contributed by atoms with Crippen molar-refractivity contribution in [3.05, 3.63) is 0 Å². The SMILES string of the molecule is CC1CC(NC2CCCC2O)C1. The maximum Gasteiger partial charge on any atom is 0.0693 e.